The van der Waals surface area contributed by atoms with Crippen molar-refractivity contribution in [2.45, 2.75) is 19.5 Å². The molecule has 0 aliphatic carbocycles. The van der Waals surface area contributed by atoms with E-state index in [1.165, 1.54) is 24.0 Å². The number of fused-ring (bicyclic) bond motifs is 2. The van der Waals surface area contributed by atoms with E-state index in [1.807, 2.05) is 12.1 Å². The van der Waals surface area contributed by atoms with Crippen LogP contribution in [0.25, 0.3) is 39.1 Å². The predicted octanol–water partition coefficient (Wildman–Crippen LogP) is 5.51. The third-order valence-electron chi connectivity index (χ3n) is 6.90. The van der Waals surface area contributed by atoms with E-state index in [0.717, 1.165) is 34.9 Å². The average Bonchev–Trinajstić information content (AvgIpc) is 3.48. The molecule has 196 valence electrons. The zero-order valence-corrected chi connectivity index (χ0v) is 21.9. The second kappa shape index (κ2) is 9.52. The molecule has 4 heterocycles. The monoisotopic (exact) mass is 521 g/mol. The summed E-state index contributed by atoms with van der Waals surface area (Å²) in [6, 6.07) is 20.4. The number of phenolic OH excluding ortho intramolecular Hbond substituents is 1. The van der Waals surface area contributed by atoms with Gasteiger partial charge in [0.25, 0.3) is 0 Å². The zero-order valence-electron chi connectivity index (χ0n) is 21.9. The van der Waals surface area contributed by atoms with Crippen LogP contribution in [0.2, 0.25) is 0 Å². The zero-order chi connectivity index (χ0) is 27.3. The summed E-state index contributed by atoms with van der Waals surface area (Å²) in [5.41, 5.74) is 13.0. The van der Waals surface area contributed by atoms with Gasteiger partial charge in [-0.3, -0.25) is 0 Å². The van der Waals surface area contributed by atoms with Crippen LogP contribution in [0.5, 0.6) is 5.75 Å². The maximum Gasteiger partial charge on any atom is 0.164 e. The number of benzene rings is 2. The Morgan fingerprint density at radius 2 is 1.85 bits per heavy atom. The first-order chi connectivity index (χ1) is 18.8. The summed E-state index contributed by atoms with van der Waals surface area (Å²) in [4.78, 5) is 10.8. The van der Waals surface area contributed by atoms with Gasteiger partial charge in [0.05, 0.1) is 17.1 Å². The smallest absolute Gasteiger partial charge is 0.164 e. The van der Waals surface area contributed by atoms with Crippen molar-refractivity contribution in [3.8, 4) is 28.3 Å². The fourth-order valence-corrected chi connectivity index (χ4v) is 5.26. The van der Waals surface area contributed by atoms with Gasteiger partial charge in [-0.2, -0.15) is 5.10 Å². The average molecular weight is 522 g/mol. The van der Waals surface area contributed by atoms with Crippen LogP contribution >= 0.6 is 0 Å². The Kier molecular flexibility index (Phi) is 6.00. The number of aromatic hydroxyl groups is 1. The second-order valence-electron chi connectivity index (χ2n) is 10.0. The highest BCUT2D eigenvalue weighted by Gasteiger charge is 2.25. The summed E-state index contributed by atoms with van der Waals surface area (Å²) in [6.07, 6.45) is 3.46. The maximum atomic E-state index is 14.3. The van der Waals surface area contributed by atoms with Crippen LogP contribution < -0.4 is 5.73 Å². The van der Waals surface area contributed by atoms with Gasteiger partial charge in [0.1, 0.15) is 29.4 Å². The summed E-state index contributed by atoms with van der Waals surface area (Å²) in [5, 5.41) is 15.5. The van der Waals surface area contributed by atoms with E-state index in [-0.39, 0.29) is 17.6 Å². The van der Waals surface area contributed by atoms with Gasteiger partial charge < -0.3 is 20.1 Å². The van der Waals surface area contributed by atoms with Gasteiger partial charge >= 0.3 is 0 Å². The molecular weight excluding hydrogens is 493 g/mol. The molecule has 6 rings (SSSR count). The Bertz CT molecular complexity index is 1820. The molecule has 0 bridgehead atoms. The van der Waals surface area contributed by atoms with Crippen molar-refractivity contribution in [2.24, 2.45) is 0 Å². The molecular formula is C30H28FN7O. The number of rotatable bonds is 6. The van der Waals surface area contributed by atoms with Crippen molar-refractivity contribution in [2.75, 3.05) is 19.8 Å². The van der Waals surface area contributed by atoms with E-state index < -0.39 is 5.82 Å². The van der Waals surface area contributed by atoms with Gasteiger partial charge in [0.2, 0.25) is 0 Å². The molecule has 9 heteroatoms. The van der Waals surface area contributed by atoms with Gasteiger partial charge in [-0.15, -0.1) is 0 Å². The molecule has 39 heavy (non-hydrogen) atoms. The van der Waals surface area contributed by atoms with E-state index in [0.29, 0.717) is 22.3 Å². The van der Waals surface area contributed by atoms with Gasteiger partial charge in [0.15, 0.2) is 5.65 Å². The molecule has 3 N–H and O–H groups in total. The summed E-state index contributed by atoms with van der Waals surface area (Å²) < 4.78 is 18.2. The minimum Gasteiger partial charge on any atom is -0.508 e. The lowest BCUT2D eigenvalue weighted by molar-refractivity contribution is 0.402. The van der Waals surface area contributed by atoms with E-state index in [2.05, 4.69) is 82.9 Å². The molecule has 8 nitrogen and oxygen atoms in total. The van der Waals surface area contributed by atoms with Crippen molar-refractivity contribution >= 4 is 22.4 Å². The molecule has 0 unspecified atom stereocenters. The molecule has 0 saturated heterocycles. The van der Waals surface area contributed by atoms with Gasteiger partial charge in [-0.1, -0.05) is 24.3 Å². The van der Waals surface area contributed by atoms with Crippen molar-refractivity contribution in [1.29, 1.82) is 0 Å². The van der Waals surface area contributed by atoms with E-state index in [4.69, 9.17) is 10.8 Å². The van der Waals surface area contributed by atoms with Crippen LogP contribution in [-0.4, -0.2) is 48.3 Å². The SMILES string of the molecule is C[C@@H](c1cc2ccccn2c1-c1cccc(CN(C)C)c1)n1nc(-c2cc(O)cc(F)c2)c2c(N)ncnc21. The molecule has 1 atom stereocenters. The first-order valence-corrected chi connectivity index (χ1v) is 12.6. The highest BCUT2D eigenvalue weighted by molar-refractivity contribution is 5.98. The lowest BCUT2D eigenvalue weighted by atomic mass is 10.0. The number of nitrogen functional groups attached to an aromatic ring is 1. The third-order valence-corrected chi connectivity index (χ3v) is 6.90. The van der Waals surface area contributed by atoms with Crippen LogP contribution in [0.3, 0.4) is 0 Å². The van der Waals surface area contributed by atoms with Crippen LogP contribution in [0.15, 0.2) is 79.3 Å². The quantitative estimate of drug-likeness (QED) is 0.300. The Morgan fingerprint density at radius 3 is 2.64 bits per heavy atom. The number of hydrogen-bond donors (Lipinski definition) is 2. The van der Waals surface area contributed by atoms with E-state index >= 15 is 0 Å². The summed E-state index contributed by atoms with van der Waals surface area (Å²) in [5.74, 6) is -0.541. The molecule has 0 saturated carbocycles. The van der Waals surface area contributed by atoms with Crippen LogP contribution in [-0.2, 0) is 6.54 Å². The first-order valence-electron chi connectivity index (χ1n) is 12.6. The second-order valence-corrected chi connectivity index (χ2v) is 10.0. The fraction of sp³-hybridized carbons (Fsp3) is 0.167. The third kappa shape index (κ3) is 4.36. The molecule has 0 fully saturated rings. The Morgan fingerprint density at radius 1 is 1.00 bits per heavy atom. The lowest BCUT2D eigenvalue weighted by Gasteiger charge is -2.16. The largest absolute Gasteiger partial charge is 0.508 e. The number of anilines is 1. The van der Waals surface area contributed by atoms with E-state index in [1.54, 1.807) is 4.68 Å². The predicted molar refractivity (Wildman–Crippen MR) is 151 cm³/mol. The molecule has 0 aliphatic rings. The number of nitrogens with two attached hydrogens (primary N) is 1. The highest BCUT2D eigenvalue weighted by Crippen LogP contribution is 2.38. The van der Waals surface area contributed by atoms with Crippen LogP contribution in [0.1, 0.15) is 24.1 Å². The molecule has 0 radical (unpaired) electrons. The van der Waals surface area contributed by atoms with Crippen molar-refractivity contribution in [3.05, 3.63) is 96.2 Å². The van der Waals surface area contributed by atoms with Crippen LogP contribution in [0, 0.1) is 5.82 Å². The van der Waals surface area contributed by atoms with Crippen molar-refractivity contribution in [3.63, 3.8) is 0 Å². The number of halogens is 1. The Hall–Kier alpha value is -4.76. The summed E-state index contributed by atoms with van der Waals surface area (Å²) >= 11 is 0. The van der Waals surface area contributed by atoms with Gasteiger partial charge in [-0.25, -0.2) is 19.0 Å². The fourth-order valence-electron chi connectivity index (χ4n) is 5.26. The first kappa shape index (κ1) is 24.6. The van der Waals surface area contributed by atoms with Crippen molar-refractivity contribution < 1.29 is 9.50 Å². The van der Waals surface area contributed by atoms with Crippen molar-refractivity contribution in [1.82, 2.24) is 29.0 Å². The number of hydrogen-bond acceptors (Lipinski definition) is 6. The Balaban J connectivity index is 1.57. The topological polar surface area (TPSA) is 97.5 Å². The lowest BCUT2D eigenvalue weighted by Crippen LogP contribution is -2.11. The summed E-state index contributed by atoms with van der Waals surface area (Å²) in [7, 11) is 4.11. The summed E-state index contributed by atoms with van der Waals surface area (Å²) in [6.45, 7) is 2.88. The van der Waals surface area contributed by atoms with Gasteiger partial charge in [-0.05, 0) is 68.5 Å². The Labute approximate surface area is 224 Å². The number of aromatic nitrogens is 5. The molecule has 4 aromatic heterocycles. The van der Waals surface area contributed by atoms with E-state index in [9.17, 15) is 9.50 Å². The van der Waals surface area contributed by atoms with Crippen LogP contribution in [0.4, 0.5) is 10.2 Å². The molecule has 0 spiro atoms. The molecule has 0 amide bonds. The highest BCUT2D eigenvalue weighted by atomic mass is 19.1. The minimum atomic E-state index is -0.574. The number of pyridine rings is 1. The number of nitrogens with zero attached hydrogens (tertiary/aromatic N) is 6. The number of phenols is 1. The molecule has 0 aliphatic heterocycles. The standard InChI is InChI=1S/C30H28FN7O/c1-18(38-30-26(29(32)33-17-34-30)27(35-38)21-12-22(31)14-24(39)13-21)25-15-23-9-4-5-10-37(23)28(25)20-8-6-7-19(11-20)16-36(2)3/h4-15,17-18,39H,16H2,1-3H3,(H2,32,33,34)/t18-/m0/s1. The van der Waals surface area contributed by atoms with Gasteiger partial charge in [0, 0.05) is 35.5 Å². The normalized spacial score (nSPS) is 12.5. The minimum absolute atomic E-state index is 0.199. The maximum absolute atomic E-state index is 14.3. The molecule has 6 aromatic rings. The molecule has 2 aromatic carbocycles.